The quantitative estimate of drug-likeness (QED) is 0.200. The van der Waals surface area contributed by atoms with Crippen LogP contribution in [0, 0.1) is 0 Å². The second-order valence-electron chi connectivity index (χ2n) is 8.13. The smallest absolute Gasteiger partial charge is 0.295 e. The first-order chi connectivity index (χ1) is 16.5. The van der Waals surface area contributed by atoms with Crippen molar-refractivity contribution in [1.29, 1.82) is 0 Å². The minimum Gasteiger partial charge on any atom is -0.507 e. The van der Waals surface area contributed by atoms with E-state index in [9.17, 15) is 14.7 Å². The van der Waals surface area contributed by atoms with Gasteiger partial charge in [0.2, 0.25) is 0 Å². The Labute approximate surface area is 206 Å². The van der Waals surface area contributed by atoms with Crippen LogP contribution >= 0.6 is 23.2 Å². The van der Waals surface area contributed by atoms with E-state index in [0.717, 1.165) is 16.5 Å². The van der Waals surface area contributed by atoms with E-state index in [1.165, 1.54) is 4.90 Å². The van der Waals surface area contributed by atoms with Crippen molar-refractivity contribution in [2.45, 2.75) is 12.5 Å². The Morgan fingerprint density at radius 2 is 1.65 bits per heavy atom. The van der Waals surface area contributed by atoms with Gasteiger partial charge in [0.05, 0.1) is 11.6 Å². The number of hydrogen-bond acceptors (Lipinski definition) is 3. The Hall–Kier alpha value is -3.54. The number of H-pyrrole nitrogens is 1. The molecule has 1 aliphatic heterocycles. The molecule has 3 aromatic carbocycles. The Morgan fingerprint density at radius 1 is 0.941 bits per heavy atom. The summed E-state index contributed by atoms with van der Waals surface area (Å²) in [5.74, 6) is -1.66. The van der Waals surface area contributed by atoms with E-state index in [2.05, 4.69) is 4.98 Å². The molecule has 1 saturated heterocycles. The van der Waals surface area contributed by atoms with Crippen LogP contribution in [0.5, 0.6) is 0 Å². The molecular weight excluding hydrogens is 471 g/mol. The second-order valence-corrected chi connectivity index (χ2v) is 8.97. The van der Waals surface area contributed by atoms with E-state index in [-0.39, 0.29) is 17.9 Å². The first-order valence-corrected chi connectivity index (χ1v) is 11.5. The minimum absolute atomic E-state index is 0.0133. The molecule has 4 aromatic rings. The van der Waals surface area contributed by atoms with Crippen molar-refractivity contribution in [3.63, 3.8) is 0 Å². The number of hydrogen-bond donors (Lipinski definition) is 2. The highest BCUT2D eigenvalue weighted by atomic mass is 35.5. The number of carbonyl (C=O) groups is 2. The number of ketones is 1. The van der Waals surface area contributed by atoms with Crippen LogP contribution in [-0.4, -0.2) is 33.2 Å². The van der Waals surface area contributed by atoms with Crippen molar-refractivity contribution in [2.24, 2.45) is 0 Å². The largest absolute Gasteiger partial charge is 0.507 e. The van der Waals surface area contributed by atoms with Gasteiger partial charge in [-0.2, -0.15) is 0 Å². The first kappa shape index (κ1) is 22.3. The molecule has 1 aliphatic rings. The molecule has 5 rings (SSSR count). The van der Waals surface area contributed by atoms with E-state index in [1.807, 2.05) is 30.5 Å². The van der Waals surface area contributed by atoms with Crippen molar-refractivity contribution >= 4 is 51.6 Å². The molecule has 0 bridgehead atoms. The lowest BCUT2D eigenvalue weighted by molar-refractivity contribution is -0.139. The predicted octanol–water partition coefficient (Wildman–Crippen LogP) is 6.14. The number of likely N-dealkylation sites (tertiary alicyclic amines) is 1. The fraction of sp³-hybridized carbons (Fsp3) is 0.111. The molecule has 0 aliphatic carbocycles. The Kier molecular flexibility index (Phi) is 5.90. The van der Waals surface area contributed by atoms with Gasteiger partial charge in [0, 0.05) is 39.3 Å². The van der Waals surface area contributed by atoms with Gasteiger partial charge in [-0.05, 0) is 53.9 Å². The highest BCUT2D eigenvalue weighted by molar-refractivity contribution is 6.47. The van der Waals surface area contributed by atoms with E-state index in [1.54, 1.807) is 48.5 Å². The average molecular weight is 491 g/mol. The monoisotopic (exact) mass is 490 g/mol. The van der Waals surface area contributed by atoms with Gasteiger partial charge in [-0.3, -0.25) is 9.59 Å². The zero-order valence-electron chi connectivity index (χ0n) is 18.0. The molecule has 1 atom stereocenters. The number of benzene rings is 3. The summed E-state index contributed by atoms with van der Waals surface area (Å²) in [7, 11) is 0. The molecule has 5 nitrogen and oxygen atoms in total. The number of aromatic nitrogens is 1. The molecule has 2 heterocycles. The van der Waals surface area contributed by atoms with Gasteiger partial charge in [0.1, 0.15) is 5.76 Å². The lowest BCUT2D eigenvalue weighted by atomic mass is 9.95. The van der Waals surface area contributed by atoms with E-state index < -0.39 is 17.7 Å². The lowest BCUT2D eigenvalue weighted by Crippen LogP contribution is -2.31. The van der Waals surface area contributed by atoms with Crippen LogP contribution in [0.4, 0.5) is 0 Å². The number of para-hydroxylation sites is 1. The maximum absolute atomic E-state index is 13.2. The second kappa shape index (κ2) is 9.01. The van der Waals surface area contributed by atoms with E-state index in [0.29, 0.717) is 27.6 Å². The van der Waals surface area contributed by atoms with Crippen LogP contribution in [0.25, 0.3) is 16.7 Å². The predicted molar refractivity (Wildman–Crippen MR) is 134 cm³/mol. The summed E-state index contributed by atoms with van der Waals surface area (Å²) in [6.07, 6.45) is 2.44. The van der Waals surface area contributed by atoms with Crippen molar-refractivity contribution < 1.29 is 14.7 Å². The highest BCUT2D eigenvalue weighted by Crippen LogP contribution is 2.42. The first-order valence-electron chi connectivity index (χ1n) is 10.8. The summed E-state index contributed by atoms with van der Waals surface area (Å²) in [5.41, 5.74) is 3.03. The molecule has 1 aromatic heterocycles. The van der Waals surface area contributed by atoms with Crippen molar-refractivity contribution in [2.75, 3.05) is 6.54 Å². The van der Waals surface area contributed by atoms with Crippen LogP contribution in [0.2, 0.25) is 10.0 Å². The Bertz CT molecular complexity index is 1440. The maximum Gasteiger partial charge on any atom is 0.295 e. The standard InChI is InChI=1S/C27H20Cl2N2O3/c28-18-11-9-16(10-12-18)25(32)23-24(20-6-1-3-7-21(20)29)31(27(34)26(23)33)14-13-17-15-30-22-8-4-2-5-19(17)22/h1-12,15,24,30,32H,13-14H2/b25-23+. The lowest BCUT2D eigenvalue weighted by Gasteiger charge is -2.26. The van der Waals surface area contributed by atoms with Crippen molar-refractivity contribution in [3.05, 3.63) is 111 Å². The third-order valence-corrected chi connectivity index (χ3v) is 6.75. The Morgan fingerprint density at radius 3 is 2.41 bits per heavy atom. The topological polar surface area (TPSA) is 73.4 Å². The maximum atomic E-state index is 13.2. The van der Waals surface area contributed by atoms with Gasteiger partial charge >= 0.3 is 0 Å². The summed E-state index contributed by atoms with van der Waals surface area (Å²) >= 11 is 12.5. The molecule has 2 N–H and O–H groups in total. The van der Waals surface area contributed by atoms with Gasteiger partial charge in [-0.15, -0.1) is 0 Å². The molecule has 0 saturated carbocycles. The summed E-state index contributed by atoms with van der Waals surface area (Å²) in [4.78, 5) is 31.1. The summed E-state index contributed by atoms with van der Waals surface area (Å²) in [6.45, 7) is 0.277. The molecule has 7 heteroatoms. The number of aliphatic hydroxyl groups excluding tert-OH is 1. The third-order valence-electron chi connectivity index (χ3n) is 6.15. The Balaban J connectivity index is 1.58. The zero-order chi connectivity index (χ0) is 23.8. The zero-order valence-corrected chi connectivity index (χ0v) is 19.5. The highest BCUT2D eigenvalue weighted by Gasteiger charge is 2.46. The SMILES string of the molecule is O=C1C(=O)N(CCc2c[nH]c3ccccc23)C(c2ccccc2Cl)/C1=C(\O)c1ccc(Cl)cc1. The van der Waals surface area contributed by atoms with E-state index in [4.69, 9.17) is 23.2 Å². The van der Waals surface area contributed by atoms with Gasteiger partial charge in [0.15, 0.2) is 0 Å². The summed E-state index contributed by atoms with van der Waals surface area (Å²) < 4.78 is 0. The molecular formula is C27H20Cl2N2O3. The van der Waals surface area contributed by atoms with Gasteiger partial charge in [-0.25, -0.2) is 0 Å². The third kappa shape index (κ3) is 3.87. The number of halogens is 2. The number of amides is 1. The summed E-state index contributed by atoms with van der Waals surface area (Å²) in [5, 5.41) is 13.1. The van der Waals surface area contributed by atoms with Crippen LogP contribution in [-0.2, 0) is 16.0 Å². The number of aliphatic hydroxyl groups is 1. The van der Waals surface area contributed by atoms with Crippen molar-refractivity contribution in [1.82, 2.24) is 9.88 Å². The molecule has 170 valence electrons. The van der Waals surface area contributed by atoms with E-state index >= 15 is 0 Å². The molecule has 1 unspecified atom stereocenters. The molecule has 1 amide bonds. The number of nitrogens with one attached hydrogen (secondary N) is 1. The van der Waals surface area contributed by atoms with Gasteiger partial charge in [-0.1, -0.05) is 59.6 Å². The number of aromatic amines is 1. The molecule has 0 spiro atoms. The number of fused-ring (bicyclic) bond motifs is 1. The molecule has 1 fully saturated rings. The summed E-state index contributed by atoms with van der Waals surface area (Å²) in [6, 6.07) is 20.6. The van der Waals surface area contributed by atoms with Crippen LogP contribution < -0.4 is 0 Å². The van der Waals surface area contributed by atoms with Crippen LogP contribution in [0.1, 0.15) is 22.7 Å². The fourth-order valence-corrected chi connectivity index (χ4v) is 4.84. The number of nitrogens with zero attached hydrogens (tertiary/aromatic N) is 1. The molecule has 0 radical (unpaired) electrons. The number of rotatable bonds is 5. The van der Waals surface area contributed by atoms with Crippen LogP contribution in [0.15, 0.2) is 84.6 Å². The normalized spacial score (nSPS) is 17.6. The van der Waals surface area contributed by atoms with Crippen LogP contribution in [0.3, 0.4) is 0 Å². The number of Topliss-reactive ketones (excluding diaryl/α,β-unsaturated/α-hetero) is 1. The van der Waals surface area contributed by atoms with Crippen molar-refractivity contribution in [3.8, 4) is 0 Å². The minimum atomic E-state index is -0.811. The van der Waals surface area contributed by atoms with Gasteiger partial charge < -0.3 is 15.0 Å². The van der Waals surface area contributed by atoms with Gasteiger partial charge in [0.25, 0.3) is 11.7 Å². The average Bonchev–Trinajstić information content (AvgIpc) is 3.37. The number of carbonyl (C=O) groups excluding carboxylic acids is 2. The molecule has 34 heavy (non-hydrogen) atoms. The fourth-order valence-electron chi connectivity index (χ4n) is 4.47.